The van der Waals surface area contributed by atoms with Gasteiger partial charge in [-0.25, -0.2) is 4.79 Å². The molecule has 2 heterocycles. The second kappa shape index (κ2) is 7.46. The van der Waals surface area contributed by atoms with Crippen molar-refractivity contribution in [3.63, 3.8) is 0 Å². The molecule has 1 N–H and O–H groups in total. The van der Waals surface area contributed by atoms with Crippen LogP contribution in [0, 0.1) is 26.7 Å². The minimum atomic E-state index is -0.417. The Bertz CT molecular complexity index is 869. The topological polar surface area (TPSA) is 52.7 Å². The third kappa shape index (κ3) is 3.23. The number of carbonyl (C=O) groups is 2. The van der Waals surface area contributed by atoms with Gasteiger partial charge in [0.05, 0.1) is 23.9 Å². The molecule has 0 spiro atoms. The minimum Gasteiger partial charge on any atom is -0.330 e. The average molecular weight is 382 g/mol. The van der Waals surface area contributed by atoms with E-state index in [9.17, 15) is 9.59 Å². The van der Waals surface area contributed by atoms with Gasteiger partial charge in [0.1, 0.15) is 0 Å². The van der Waals surface area contributed by atoms with E-state index in [0.717, 1.165) is 22.4 Å². The van der Waals surface area contributed by atoms with Crippen LogP contribution in [0.4, 0.5) is 4.79 Å². The van der Waals surface area contributed by atoms with Crippen LogP contribution < -0.4 is 5.32 Å². The van der Waals surface area contributed by atoms with E-state index >= 15 is 0 Å². The molecule has 1 aromatic rings. The van der Waals surface area contributed by atoms with Crippen molar-refractivity contribution in [1.29, 1.82) is 0 Å². The first-order chi connectivity index (χ1) is 13.2. The normalized spacial score (nSPS) is 20.6. The molecular weight excluding hydrogens is 350 g/mol. The van der Waals surface area contributed by atoms with Crippen LogP contribution in [0.2, 0.25) is 0 Å². The lowest BCUT2D eigenvalue weighted by molar-refractivity contribution is -0.128. The molecule has 1 aromatic carbocycles. The number of rotatable bonds is 5. The van der Waals surface area contributed by atoms with Crippen LogP contribution >= 0.6 is 0 Å². The Labute approximate surface area is 168 Å². The fraction of sp³-hybridized carbons (Fsp3) is 0.478. The standard InChI is InChI=1S/C23H31N3O2/c1-8-9-25-19-12-26(17(7)13(2)3)22(27)20(19)21(24-23(25)28)18-11-15(5)14(4)10-16(18)6/h8,10-11,13,17,21H,1,9,12H2,2-7H3,(H,24,28)/t17-,21+/m1/s1. The number of benzene rings is 1. The van der Waals surface area contributed by atoms with Crippen LogP contribution in [0.1, 0.15) is 49.1 Å². The highest BCUT2D eigenvalue weighted by Crippen LogP contribution is 2.39. The highest BCUT2D eigenvalue weighted by atomic mass is 16.2. The lowest BCUT2D eigenvalue weighted by Gasteiger charge is -2.33. The highest BCUT2D eigenvalue weighted by Gasteiger charge is 2.45. The zero-order valence-corrected chi connectivity index (χ0v) is 17.8. The van der Waals surface area contributed by atoms with Gasteiger partial charge >= 0.3 is 6.03 Å². The summed E-state index contributed by atoms with van der Waals surface area (Å²) in [4.78, 5) is 29.9. The first-order valence-electron chi connectivity index (χ1n) is 9.98. The van der Waals surface area contributed by atoms with Crippen molar-refractivity contribution in [2.75, 3.05) is 13.1 Å². The van der Waals surface area contributed by atoms with Gasteiger partial charge in [0.25, 0.3) is 5.91 Å². The van der Waals surface area contributed by atoms with Gasteiger partial charge in [-0.15, -0.1) is 6.58 Å². The minimum absolute atomic E-state index is 0.0212. The van der Waals surface area contributed by atoms with E-state index in [1.807, 2.05) is 11.8 Å². The van der Waals surface area contributed by atoms with E-state index in [0.29, 0.717) is 24.6 Å². The smallest absolute Gasteiger partial charge is 0.322 e. The van der Waals surface area contributed by atoms with Gasteiger partial charge in [-0.05, 0) is 55.9 Å². The summed E-state index contributed by atoms with van der Waals surface area (Å²) in [7, 11) is 0. The van der Waals surface area contributed by atoms with Crippen molar-refractivity contribution in [2.45, 2.75) is 53.6 Å². The molecule has 5 nitrogen and oxygen atoms in total. The summed E-state index contributed by atoms with van der Waals surface area (Å²) in [6.45, 7) is 17.1. The average Bonchev–Trinajstić information content (AvgIpc) is 2.97. The summed E-state index contributed by atoms with van der Waals surface area (Å²) in [6.07, 6.45) is 1.70. The van der Waals surface area contributed by atoms with Gasteiger partial charge < -0.3 is 10.2 Å². The van der Waals surface area contributed by atoms with Gasteiger partial charge in [0.15, 0.2) is 0 Å². The molecule has 3 amide bonds. The largest absolute Gasteiger partial charge is 0.330 e. The van der Waals surface area contributed by atoms with Crippen molar-refractivity contribution < 1.29 is 9.59 Å². The maximum atomic E-state index is 13.5. The second-order valence-electron chi connectivity index (χ2n) is 8.35. The maximum Gasteiger partial charge on any atom is 0.322 e. The monoisotopic (exact) mass is 381 g/mol. The molecule has 2 atom stereocenters. The predicted molar refractivity (Wildman–Crippen MR) is 112 cm³/mol. The molecule has 0 saturated heterocycles. The zero-order chi connectivity index (χ0) is 20.7. The maximum absolute atomic E-state index is 13.5. The molecule has 0 saturated carbocycles. The molecule has 5 heteroatoms. The molecule has 2 aliphatic heterocycles. The number of hydrogen-bond acceptors (Lipinski definition) is 2. The number of nitrogens with one attached hydrogen (secondary N) is 1. The third-order valence-corrected chi connectivity index (χ3v) is 6.21. The molecule has 0 unspecified atom stereocenters. The fourth-order valence-corrected chi connectivity index (χ4v) is 4.05. The van der Waals surface area contributed by atoms with Gasteiger partial charge in [-0.2, -0.15) is 0 Å². The molecule has 0 aliphatic carbocycles. The molecule has 0 aromatic heterocycles. The van der Waals surface area contributed by atoms with E-state index in [4.69, 9.17) is 0 Å². The van der Waals surface area contributed by atoms with Crippen molar-refractivity contribution in [3.8, 4) is 0 Å². The lowest BCUT2D eigenvalue weighted by atomic mass is 9.89. The van der Waals surface area contributed by atoms with E-state index in [1.165, 1.54) is 5.56 Å². The number of urea groups is 1. The summed E-state index contributed by atoms with van der Waals surface area (Å²) >= 11 is 0. The predicted octanol–water partition coefficient (Wildman–Crippen LogP) is 4.00. The van der Waals surface area contributed by atoms with E-state index in [2.05, 4.69) is 58.6 Å². The van der Waals surface area contributed by atoms with Crippen LogP contribution in [-0.4, -0.2) is 40.9 Å². The molecule has 150 valence electrons. The number of amides is 3. The molecule has 28 heavy (non-hydrogen) atoms. The number of aryl methyl sites for hydroxylation is 3. The summed E-state index contributed by atoms with van der Waals surface area (Å²) in [5, 5.41) is 3.08. The second-order valence-corrected chi connectivity index (χ2v) is 8.35. The quantitative estimate of drug-likeness (QED) is 0.784. The van der Waals surface area contributed by atoms with E-state index < -0.39 is 6.04 Å². The lowest BCUT2D eigenvalue weighted by Crippen LogP contribution is -2.47. The molecular formula is C23H31N3O2. The van der Waals surface area contributed by atoms with E-state index in [-0.39, 0.29) is 18.0 Å². The van der Waals surface area contributed by atoms with Crippen LogP contribution in [0.5, 0.6) is 0 Å². The third-order valence-electron chi connectivity index (χ3n) is 6.21. The highest BCUT2D eigenvalue weighted by molar-refractivity contribution is 6.01. The van der Waals surface area contributed by atoms with Crippen molar-refractivity contribution in [2.24, 2.45) is 5.92 Å². The van der Waals surface area contributed by atoms with Crippen molar-refractivity contribution in [3.05, 3.63) is 58.3 Å². The Kier molecular flexibility index (Phi) is 5.37. The Morgan fingerprint density at radius 1 is 1.14 bits per heavy atom. The number of nitrogens with zero attached hydrogens (tertiary/aromatic N) is 2. The van der Waals surface area contributed by atoms with Gasteiger partial charge in [-0.3, -0.25) is 9.69 Å². The van der Waals surface area contributed by atoms with Crippen LogP contribution in [0.3, 0.4) is 0 Å². The van der Waals surface area contributed by atoms with Crippen LogP contribution in [0.15, 0.2) is 36.1 Å². The summed E-state index contributed by atoms with van der Waals surface area (Å²) in [5.74, 6) is 0.358. The Balaban J connectivity index is 2.12. The van der Waals surface area contributed by atoms with Crippen LogP contribution in [0.25, 0.3) is 0 Å². The number of hydrogen-bond donors (Lipinski definition) is 1. The number of carbonyl (C=O) groups excluding carboxylic acids is 2. The molecule has 0 bridgehead atoms. The van der Waals surface area contributed by atoms with E-state index in [1.54, 1.807) is 11.0 Å². The molecule has 0 radical (unpaired) electrons. The molecule has 2 aliphatic rings. The fourth-order valence-electron chi connectivity index (χ4n) is 4.05. The van der Waals surface area contributed by atoms with Crippen molar-refractivity contribution in [1.82, 2.24) is 15.1 Å². The first-order valence-corrected chi connectivity index (χ1v) is 9.98. The summed E-state index contributed by atoms with van der Waals surface area (Å²) in [6, 6.07) is 3.74. The Morgan fingerprint density at radius 2 is 1.79 bits per heavy atom. The zero-order valence-electron chi connectivity index (χ0n) is 17.8. The van der Waals surface area contributed by atoms with Gasteiger partial charge in [0, 0.05) is 12.6 Å². The van der Waals surface area contributed by atoms with Crippen molar-refractivity contribution >= 4 is 11.9 Å². The summed E-state index contributed by atoms with van der Waals surface area (Å²) in [5.41, 5.74) is 5.95. The molecule has 3 rings (SSSR count). The van der Waals surface area contributed by atoms with Gasteiger partial charge in [0.2, 0.25) is 0 Å². The van der Waals surface area contributed by atoms with Crippen LogP contribution in [-0.2, 0) is 4.79 Å². The summed E-state index contributed by atoms with van der Waals surface area (Å²) < 4.78 is 0. The SMILES string of the molecule is C=CCN1C(=O)N[C@@H](c2cc(C)c(C)cc2C)C2=C1CN([C@H](C)C(C)C)C2=O. The first kappa shape index (κ1) is 20.2. The Hall–Kier alpha value is -2.56. The van der Waals surface area contributed by atoms with Gasteiger partial charge in [-0.1, -0.05) is 32.1 Å². The molecule has 0 fully saturated rings. The Morgan fingerprint density at radius 3 is 2.39 bits per heavy atom.